The zero-order chi connectivity index (χ0) is 19.4. The molecule has 0 atom stereocenters. The Balaban J connectivity index is 1.90. The summed E-state index contributed by atoms with van der Waals surface area (Å²) in [5.41, 5.74) is 1.79. The summed E-state index contributed by atoms with van der Waals surface area (Å²) < 4.78 is 5.50. The molecule has 0 saturated carbocycles. The number of fused-ring (bicyclic) bond motifs is 1. The van der Waals surface area contributed by atoms with E-state index in [4.69, 9.17) is 16.3 Å². The number of aromatic nitrogens is 2. The lowest BCUT2D eigenvalue weighted by atomic mass is 10.2. The molecule has 0 bridgehead atoms. The maximum atomic E-state index is 12.6. The molecule has 0 radical (unpaired) electrons. The van der Waals surface area contributed by atoms with Crippen molar-refractivity contribution in [2.45, 2.75) is 33.3 Å². The summed E-state index contributed by atoms with van der Waals surface area (Å²) in [6.45, 7) is 5.16. The second-order valence-corrected chi connectivity index (χ2v) is 7.73. The van der Waals surface area contributed by atoms with E-state index in [1.807, 2.05) is 44.3 Å². The Morgan fingerprint density at radius 1 is 1.26 bits per heavy atom. The molecule has 1 aromatic carbocycles. The number of nitrogens with zero attached hydrogens (tertiary/aromatic N) is 3. The van der Waals surface area contributed by atoms with Crippen molar-refractivity contribution in [3.63, 3.8) is 0 Å². The van der Waals surface area contributed by atoms with Crippen LogP contribution < -0.4 is 4.90 Å². The van der Waals surface area contributed by atoms with Gasteiger partial charge in [-0.2, -0.15) is 4.98 Å². The van der Waals surface area contributed by atoms with Gasteiger partial charge in [0.15, 0.2) is 0 Å². The minimum atomic E-state index is -0.349. The molecule has 142 valence electrons. The SMILES string of the molecule is CCCCN(C)c1nc(Cl)nc2sc(C(=O)OCc3ccccc3)c(C)c12. The van der Waals surface area contributed by atoms with Gasteiger partial charge in [-0.3, -0.25) is 0 Å². The van der Waals surface area contributed by atoms with Crippen LogP contribution in [0.15, 0.2) is 30.3 Å². The second kappa shape index (κ2) is 8.67. The molecule has 0 aliphatic heterocycles. The molecule has 3 rings (SSSR count). The van der Waals surface area contributed by atoms with Crippen LogP contribution in [0, 0.1) is 6.92 Å². The quantitative estimate of drug-likeness (QED) is 0.398. The fraction of sp³-hybridized carbons (Fsp3) is 0.350. The number of unbranched alkanes of at least 4 members (excludes halogenated alkanes) is 1. The third kappa shape index (κ3) is 4.39. The minimum Gasteiger partial charge on any atom is -0.457 e. The molecular weight excluding hydrogens is 382 g/mol. The first-order chi connectivity index (χ1) is 13.0. The molecule has 0 fully saturated rings. The Labute approximate surface area is 168 Å². The summed E-state index contributed by atoms with van der Waals surface area (Å²) >= 11 is 7.43. The molecule has 0 aliphatic carbocycles. The normalized spacial score (nSPS) is 11.0. The number of anilines is 1. The van der Waals surface area contributed by atoms with Crippen LogP contribution in [-0.2, 0) is 11.3 Å². The molecule has 0 unspecified atom stereocenters. The molecule has 0 spiro atoms. The number of aryl methyl sites for hydroxylation is 1. The number of ether oxygens (including phenoxy) is 1. The van der Waals surface area contributed by atoms with E-state index in [2.05, 4.69) is 21.8 Å². The van der Waals surface area contributed by atoms with Crippen LogP contribution in [0.5, 0.6) is 0 Å². The van der Waals surface area contributed by atoms with Gasteiger partial charge in [-0.1, -0.05) is 43.7 Å². The lowest BCUT2D eigenvalue weighted by molar-refractivity contribution is 0.0478. The third-order valence-electron chi connectivity index (χ3n) is 4.35. The van der Waals surface area contributed by atoms with Crippen molar-refractivity contribution < 1.29 is 9.53 Å². The standard InChI is InChI=1S/C20H22ClN3O2S/c1-4-5-11-24(3)17-15-13(2)16(27-18(15)23-20(21)22-17)19(25)26-12-14-9-7-6-8-10-14/h6-10H,4-5,11-12H2,1-3H3. The molecule has 3 aromatic rings. The topological polar surface area (TPSA) is 55.3 Å². The largest absolute Gasteiger partial charge is 0.457 e. The number of thiophene rings is 1. The van der Waals surface area contributed by atoms with Crippen LogP contribution in [0.4, 0.5) is 5.82 Å². The first kappa shape index (κ1) is 19.6. The highest BCUT2D eigenvalue weighted by atomic mass is 35.5. The predicted octanol–water partition coefficient (Wildman–Crippen LogP) is 5.25. The summed E-state index contributed by atoms with van der Waals surface area (Å²) in [5, 5.41) is 1.06. The van der Waals surface area contributed by atoms with Gasteiger partial charge in [-0.15, -0.1) is 11.3 Å². The van der Waals surface area contributed by atoms with Gasteiger partial charge in [-0.25, -0.2) is 9.78 Å². The summed E-state index contributed by atoms with van der Waals surface area (Å²) in [6, 6.07) is 9.63. The van der Waals surface area contributed by atoms with Crippen molar-refractivity contribution in [2.75, 3.05) is 18.5 Å². The van der Waals surface area contributed by atoms with Gasteiger partial charge in [0.1, 0.15) is 22.1 Å². The third-order valence-corrected chi connectivity index (χ3v) is 5.69. The number of carbonyl (C=O) groups excluding carboxylic acids is 1. The van der Waals surface area contributed by atoms with Gasteiger partial charge in [0.25, 0.3) is 0 Å². The maximum Gasteiger partial charge on any atom is 0.349 e. The monoisotopic (exact) mass is 403 g/mol. The highest BCUT2D eigenvalue weighted by Gasteiger charge is 2.22. The van der Waals surface area contributed by atoms with E-state index in [0.29, 0.717) is 9.71 Å². The highest BCUT2D eigenvalue weighted by molar-refractivity contribution is 7.20. The summed E-state index contributed by atoms with van der Waals surface area (Å²) in [6.07, 6.45) is 2.14. The number of hydrogen-bond donors (Lipinski definition) is 0. The van der Waals surface area contributed by atoms with E-state index in [-0.39, 0.29) is 17.9 Å². The van der Waals surface area contributed by atoms with Gasteiger partial charge in [0.2, 0.25) is 5.28 Å². The highest BCUT2D eigenvalue weighted by Crippen LogP contribution is 2.36. The van der Waals surface area contributed by atoms with Crippen molar-refractivity contribution in [1.29, 1.82) is 0 Å². The molecule has 2 heterocycles. The molecule has 0 amide bonds. The molecule has 2 aromatic heterocycles. The van der Waals surface area contributed by atoms with Crippen molar-refractivity contribution in [3.05, 3.63) is 51.6 Å². The van der Waals surface area contributed by atoms with Crippen molar-refractivity contribution in [2.24, 2.45) is 0 Å². The van der Waals surface area contributed by atoms with E-state index in [0.717, 1.165) is 41.7 Å². The average molecular weight is 404 g/mol. The number of halogens is 1. The average Bonchev–Trinajstić information content (AvgIpc) is 3.00. The second-order valence-electron chi connectivity index (χ2n) is 6.39. The Hall–Kier alpha value is -2.18. The van der Waals surface area contributed by atoms with Gasteiger partial charge in [0, 0.05) is 13.6 Å². The fourth-order valence-electron chi connectivity index (χ4n) is 2.85. The van der Waals surface area contributed by atoms with Gasteiger partial charge < -0.3 is 9.64 Å². The smallest absolute Gasteiger partial charge is 0.349 e. The van der Waals surface area contributed by atoms with Crippen LogP contribution in [0.1, 0.15) is 40.6 Å². The number of rotatable bonds is 7. The molecule has 0 saturated heterocycles. The molecule has 27 heavy (non-hydrogen) atoms. The summed E-state index contributed by atoms with van der Waals surface area (Å²) in [4.78, 5) is 24.7. The van der Waals surface area contributed by atoms with Crippen LogP contribution in [0.2, 0.25) is 5.28 Å². The van der Waals surface area contributed by atoms with Crippen molar-refractivity contribution in [1.82, 2.24) is 9.97 Å². The van der Waals surface area contributed by atoms with Crippen LogP contribution in [0.3, 0.4) is 0 Å². The molecule has 0 aliphatic rings. The van der Waals surface area contributed by atoms with Crippen LogP contribution >= 0.6 is 22.9 Å². The zero-order valence-corrected chi connectivity index (χ0v) is 17.2. The van der Waals surface area contributed by atoms with E-state index >= 15 is 0 Å². The van der Waals surface area contributed by atoms with Gasteiger partial charge >= 0.3 is 5.97 Å². The van der Waals surface area contributed by atoms with E-state index in [1.165, 1.54) is 11.3 Å². The lowest BCUT2D eigenvalue weighted by Gasteiger charge is -2.19. The fourth-order valence-corrected chi connectivity index (χ4v) is 4.14. The number of benzene rings is 1. The Morgan fingerprint density at radius 2 is 2.00 bits per heavy atom. The first-order valence-corrected chi connectivity index (χ1v) is 10.1. The molecular formula is C20H22ClN3O2S. The summed E-state index contributed by atoms with van der Waals surface area (Å²) in [7, 11) is 1.98. The number of hydrogen-bond acceptors (Lipinski definition) is 6. The predicted molar refractivity (Wildman–Crippen MR) is 111 cm³/mol. The Morgan fingerprint density at radius 3 is 2.70 bits per heavy atom. The van der Waals surface area contributed by atoms with Crippen LogP contribution in [0.25, 0.3) is 10.2 Å². The molecule has 0 N–H and O–H groups in total. The van der Waals surface area contributed by atoms with Crippen LogP contribution in [-0.4, -0.2) is 29.5 Å². The Bertz CT molecular complexity index is 943. The minimum absolute atomic E-state index is 0.186. The number of carbonyl (C=O) groups is 1. The maximum absolute atomic E-state index is 12.6. The number of esters is 1. The first-order valence-electron chi connectivity index (χ1n) is 8.90. The van der Waals surface area contributed by atoms with Gasteiger partial charge in [0.05, 0.1) is 5.39 Å². The van der Waals surface area contributed by atoms with Crippen molar-refractivity contribution >= 4 is 44.9 Å². The lowest BCUT2D eigenvalue weighted by Crippen LogP contribution is -2.20. The molecule has 7 heteroatoms. The summed E-state index contributed by atoms with van der Waals surface area (Å²) in [5.74, 6) is 0.409. The van der Waals surface area contributed by atoms with Gasteiger partial charge in [-0.05, 0) is 36.1 Å². The van der Waals surface area contributed by atoms with E-state index in [1.54, 1.807) is 0 Å². The Kier molecular flexibility index (Phi) is 6.29. The van der Waals surface area contributed by atoms with E-state index < -0.39 is 0 Å². The zero-order valence-electron chi connectivity index (χ0n) is 15.7. The van der Waals surface area contributed by atoms with E-state index in [9.17, 15) is 4.79 Å². The van der Waals surface area contributed by atoms with Crippen molar-refractivity contribution in [3.8, 4) is 0 Å². The molecule has 5 nitrogen and oxygen atoms in total.